The topological polar surface area (TPSA) is 32.8 Å². The van der Waals surface area contributed by atoms with Crippen molar-refractivity contribution in [1.29, 1.82) is 0 Å². The molecule has 2 atom stereocenters. The van der Waals surface area contributed by atoms with Crippen LogP contribution in [0.5, 0.6) is 0 Å². The van der Waals surface area contributed by atoms with Crippen LogP contribution in [-0.4, -0.2) is 54.6 Å². The van der Waals surface area contributed by atoms with E-state index in [2.05, 4.69) is 4.90 Å². The second-order valence-electron chi connectivity index (χ2n) is 5.29. The lowest BCUT2D eigenvalue weighted by Crippen LogP contribution is -2.53. The van der Waals surface area contributed by atoms with Crippen LogP contribution in [0.1, 0.15) is 5.56 Å². The Morgan fingerprint density at radius 1 is 1.32 bits per heavy atom. The lowest BCUT2D eigenvalue weighted by molar-refractivity contribution is -0.153. The lowest BCUT2D eigenvalue weighted by Gasteiger charge is -2.36. The largest absolute Gasteiger partial charge is 0.365 e. The van der Waals surface area contributed by atoms with Crippen molar-refractivity contribution >= 4 is 5.91 Å². The smallest absolute Gasteiger partial charge is 0.249 e. The molecule has 2 aliphatic heterocycles. The SMILES string of the molecule is CN1C[C@@H]2OCC(=O)N(Cc3ccc(F)cc3)[C@@H]2C1. The van der Waals surface area contributed by atoms with E-state index >= 15 is 0 Å². The normalized spacial score (nSPS) is 27.7. The van der Waals surface area contributed by atoms with Crippen molar-refractivity contribution in [1.82, 2.24) is 9.80 Å². The van der Waals surface area contributed by atoms with Gasteiger partial charge in [-0.25, -0.2) is 4.39 Å². The van der Waals surface area contributed by atoms with E-state index in [1.165, 1.54) is 12.1 Å². The number of benzene rings is 1. The number of carbonyl (C=O) groups is 1. The maximum Gasteiger partial charge on any atom is 0.249 e. The molecule has 1 aromatic carbocycles. The van der Waals surface area contributed by atoms with Gasteiger partial charge in [-0.1, -0.05) is 12.1 Å². The summed E-state index contributed by atoms with van der Waals surface area (Å²) in [4.78, 5) is 16.1. The standard InChI is InChI=1S/C14H17FN2O2/c1-16-7-12-13(8-16)19-9-14(18)17(12)6-10-2-4-11(15)5-3-10/h2-5,12-13H,6-9H2,1H3/t12-,13+/m1/s1. The van der Waals surface area contributed by atoms with Gasteiger partial charge in [-0.15, -0.1) is 0 Å². The molecule has 1 amide bonds. The third-order valence-electron chi connectivity index (χ3n) is 3.83. The Bertz CT molecular complexity index is 477. The van der Waals surface area contributed by atoms with Crippen molar-refractivity contribution in [2.45, 2.75) is 18.7 Å². The molecule has 5 heteroatoms. The Morgan fingerprint density at radius 2 is 2.05 bits per heavy atom. The van der Waals surface area contributed by atoms with Crippen molar-refractivity contribution in [3.05, 3.63) is 35.6 Å². The van der Waals surface area contributed by atoms with E-state index in [1.54, 1.807) is 12.1 Å². The molecule has 0 radical (unpaired) electrons. The quantitative estimate of drug-likeness (QED) is 0.794. The molecule has 2 saturated heterocycles. The highest BCUT2D eigenvalue weighted by Crippen LogP contribution is 2.24. The molecule has 0 unspecified atom stereocenters. The van der Waals surface area contributed by atoms with Gasteiger partial charge in [-0.05, 0) is 24.7 Å². The molecular formula is C14H17FN2O2. The Labute approximate surface area is 111 Å². The van der Waals surface area contributed by atoms with Crippen LogP contribution in [-0.2, 0) is 16.1 Å². The Balaban J connectivity index is 1.77. The molecule has 2 fully saturated rings. The fourth-order valence-corrected chi connectivity index (χ4v) is 2.84. The van der Waals surface area contributed by atoms with Gasteiger partial charge >= 0.3 is 0 Å². The summed E-state index contributed by atoms with van der Waals surface area (Å²) >= 11 is 0. The molecule has 0 aromatic heterocycles. The van der Waals surface area contributed by atoms with Crippen LogP contribution in [0.25, 0.3) is 0 Å². The first-order valence-electron chi connectivity index (χ1n) is 6.47. The maximum atomic E-state index is 12.9. The van der Waals surface area contributed by atoms with Gasteiger partial charge in [0.15, 0.2) is 0 Å². The third kappa shape index (κ3) is 2.48. The van der Waals surface area contributed by atoms with Crippen LogP contribution in [0.3, 0.4) is 0 Å². The van der Waals surface area contributed by atoms with E-state index in [0.29, 0.717) is 6.54 Å². The molecular weight excluding hydrogens is 247 g/mol. The minimum atomic E-state index is -0.254. The van der Waals surface area contributed by atoms with Crippen LogP contribution in [0.4, 0.5) is 4.39 Å². The van der Waals surface area contributed by atoms with E-state index in [4.69, 9.17) is 4.74 Å². The van der Waals surface area contributed by atoms with Crippen molar-refractivity contribution in [3.63, 3.8) is 0 Å². The van der Waals surface area contributed by atoms with E-state index < -0.39 is 0 Å². The Morgan fingerprint density at radius 3 is 2.79 bits per heavy atom. The molecule has 0 bridgehead atoms. The van der Waals surface area contributed by atoms with Crippen molar-refractivity contribution in [2.24, 2.45) is 0 Å². The van der Waals surface area contributed by atoms with Gasteiger partial charge in [-0.3, -0.25) is 4.79 Å². The molecule has 0 aliphatic carbocycles. The van der Waals surface area contributed by atoms with Gasteiger partial charge < -0.3 is 14.5 Å². The number of fused-ring (bicyclic) bond motifs is 1. The van der Waals surface area contributed by atoms with Crippen LogP contribution in [0.15, 0.2) is 24.3 Å². The average Bonchev–Trinajstić information content (AvgIpc) is 2.76. The highest BCUT2D eigenvalue weighted by atomic mass is 19.1. The molecule has 0 saturated carbocycles. The van der Waals surface area contributed by atoms with Gasteiger partial charge in [0.05, 0.1) is 12.1 Å². The number of nitrogens with zero attached hydrogens (tertiary/aromatic N) is 2. The zero-order valence-electron chi connectivity index (χ0n) is 10.9. The minimum absolute atomic E-state index is 0.0147. The number of morpholine rings is 1. The summed E-state index contributed by atoms with van der Waals surface area (Å²) in [6.45, 7) is 2.36. The molecule has 0 N–H and O–H groups in total. The summed E-state index contributed by atoms with van der Waals surface area (Å²) in [6, 6.07) is 6.42. The summed E-state index contributed by atoms with van der Waals surface area (Å²) in [5, 5.41) is 0. The number of halogens is 1. The molecule has 4 nitrogen and oxygen atoms in total. The Kier molecular flexibility index (Phi) is 3.24. The van der Waals surface area contributed by atoms with Crippen molar-refractivity contribution < 1.29 is 13.9 Å². The number of rotatable bonds is 2. The van der Waals surface area contributed by atoms with E-state index in [1.807, 2.05) is 11.9 Å². The number of amides is 1. The monoisotopic (exact) mass is 264 g/mol. The number of carbonyl (C=O) groups excluding carboxylic acids is 1. The van der Waals surface area contributed by atoms with Crippen LogP contribution >= 0.6 is 0 Å². The molecule has 19 heavy (non-hydrogen) atoms. The van der Waals surface area contributed by atoms with Gasteiger partial charge in [-0.2, -0.15) is 0 Å². The van der Waals surface area contributed by atoms with Crippen molar-refractivity contribution in [2.75, 3.05) is 26.7 Å². The number of likely N-dealkylation sites (tertiary alicyclic amines) is 1. The average molecular weight is 264 g/mol. The number of ether oxygens (including phenoxy) is 1. The van der Waals surface area contributed by atoms with Gasteiger partial charge in [0.2, 0.25) is 5.91 Å². The molecule has 1 aromatic rings. The summed E-state index contributed by atoms with van der Waals surface area (Å²) in [7, 11) is 2.03. The molecule has 0 spiro atoms. The minimum Gasteiger partial charge on any atom is -0.365 e. The van der Waals surface area contributed by atoms with E-state index in [-0.39, 0.29) is 30.5 Å². The van der Waals surface area contributed by atoms with Gasteiger partial charge in [0.25, 0.3) is 0 Å². The highest BCUT2D eigenvalue weighted by Gasteiger charge is 2.41. The van der Waals surface area contributed by atoms with Gasteiger partial charge in [0, 0.05) is 19.6 Å². The fraction of sp³-hybridized carbons (Fsp3) is 0.500. The van der Waals surface area contributed by atoms with E-state index in [0.717, 1.165) is 18.7 Å². The second kappa shape index (κ2) is 4.90. The Hall–Kier alpha value is -1.46. The molecule has 2 heterocycles. The first kappa shape index (κ1) is 12.6. The predicted molar refractivity (Wildman–Crippen MR) is 68.0 cm³/mol. The second-order valence-corrected chi connectivity index (χ2v) is 5.29. The van der Waals surface area contributed by atoms with Crippen LogP contribution in [0, 0.1) is 5.82 Å². The number of likely N-dealkylation sites (N-methyl/N-ethyl adjacent to an activating group) is 1. The zero-order chi connectivity index (χ0) is 13.4. The maximum absolute atomic E-state index is 12.9. The number of hydrogen-bond donors (Lipinski definition) is 0. The van der Waals surface area contributed by atoms with Crippen LogP contribution in [0.2, 0.25) is 0 Å². The lowest BCUT2D eigenvalue weighted by atomic mass is 10.1. The molecule has 102 valence electrons. The fourth-order valence-electron chi connectivity index (χ4n) is 2.84. The first-order chi connectivity index (χ1) is 9.13. The van der Waals surface area contributed by atoms with Gasteiger partial charge in [0.1, 0.15) is 12.4 Å². The molecule has 2 aliphatic rings. The highest BCUT2D eigenvalue weighted by molar-refractivity contribution is 5.78. The zero-order valence-corrected chi connectivity index (χ0v) is 10.9. The summed E-state index contributed by atoms with van der Waals surface area (Å²) in [5.74, 6) is -0.239. The third-order valence-corrected chi connectivity index (χ3v) is 3.83. The molecule has 3 rings (SSSR count). The van der Waals surface area contributed by atoms with E-state index in [9.17, 15) is 9.18 Å². The summed E-state index contributed by atoms with van der Waals surface area (Å²) in [5.41, 5.74) is 0.949. The predicted octanol–water partition coefficient (Wildman–Crippen LogP) is 0.867. The number of hydrogen-bond acceptors (Lipinski definition) is 3. The first-order valence-corrected chi connectivity index (χ1v) is 6.47. The van der Waals surface area contributed by atoms with Crippen LogP contribution < -0.4 is 0 Å². The summed E-state index contributed by atoms with van der Waals surface area (Å²) < 4.78 is 18.5. The summed E-state index contributed by atoms with van der Waals surface area (Å²) in [6.07, 6.45) is 0.100. The van der Waals surface area contributed by atoms with Crippen molar-refractivity contribution in [3.8, 4) is 0 Å².